The first kappa shape index (κ1) is 37.1. The highest BCUT2D eigenvalue weighted by Gasteiger charge is 2.52. The van der Waals surface area contributed by atoms with Crippen LogP contribution in [-0.2, 0) is 5.41 Å². The molecule has 2 heteroatoms. The summed E-state index contributed by atoms with van der Waals surface area (Å²) in [6.45, 7) is 0. The van der Waals surface area contributed by atoms with E-state index in [0.29, 0.717) is 0 Å². The molecule has 65 heavy (non-hydrogen) atoms. The van der Waals surface area contributed by atoms with Gasteiger partial charge in [0.2, 0.25) is 0 Å². The molecule has 0 atom stereocenters. The summed E-state index contributed by atoms with van der Waals surface area (Å²) < 4.78 is 7.22. The molecule has 0 saturated carbocycles. The van der Waals surface area contributed by atoms with Gasteiger partial charge in [-0.2, -0.15) is 0 Å². The zero-order chi connectivity index (χ0) is 42.9. The Kier molecular flexibility index (Phi) is 8.47. The van der Waals surface area contributed by atoms with Gasteiger partial charge in [0.25, 0.3) is 0 Å². The maximum atomic E-state index is 7.22. The number of benzene rings is 11. The van der Waals surface area contributed by atoms with Crippen molar-refractivity contribution in [1.29, 1.82) is 0 Å². The van der Waals surface area contributed by atoms with Crippen LogP contribution in [0.15, 0.2) is 249 Å². The first-order valence-corrected chi connectivity index (χ1v) is 22.4. The van der Waals surface area contributed by atoms with Gasteiger partial charge in [-0.25, -0.2) is 0 Å². The molecule has 0 saturated heterocycles. The van der Waals surface area contributed by atoms with Crippen LogP contribution in [0.1, 0.15) is 22.3 Å². The molecule has 0 unspecified atom stereocenters. The van der Waals surface area contributed by atoms with Gasteiger partial charge in [-0.15, -0.1) is 0 Å². The van der Waals surface area contributed by atoms with E-state index in [0.717, 1.165) is 61.2 Å². The van der Waals surface area contributed by atoms with E-state index >= 15 is 0 Å². The van der Waals surface area contributed by atoms with Crippen molar-refractivity contribution in [3.8, 4) is 56.0 Å². The monoisotopic (exact) mass is 827 g/mol. The van der Waals surface area contributed by atoms with Crippen LogP contribution in [0.5, 0.6) is 11.5 Å². The molecule has 0 aromatic heterocycles. The number of hydrogen-bond acceptors (Lipinski definition) is 2. The second-order valence-corrected chi connectivity index (χ2v) is 17.2. The summed E-state index contributed by atoms with van der Waals surface area (Å²) in [6, 6.07) is 90.5. The van der Waals surface area contributed by atoms with Crippen LogP contribution >= 0.6 is 0 Å². The van der Waals surface area contributed by atoms with Crippen LogP contribution in [0.2, 0.25) is 0 Å². The maximum absolute atomic E-state index is 7.22. The quantitative estimate of drug-likeness (QED) is 0.166. The van der Waals surface area contributed by atoms with Gasteiger partial charge in [-0.3, -0.25) is 0 Å². The molecule has 0 radical (unpaired) electrons. The number of rotatable bonds is 6. The topological polar surface area (TPSA) is 12.5 Å². The Morgan fingerprint density at radius 2 is 0.723 bits per heavy atom. The molecule has 0 fully saturated rings. The smallest absolute Gasteiger partial charge is 0.140 e. The van der Waals surface area contributed by atoms with Crippen LogP contribution in [0.25, 0.3) is 66.1 Å². The van der Waals surface area contributed by atoms with Crippen LogP contribution in [-0.4, -0.2) is 0 Å². The Morgan fingerprint density at radius 1 is 0.292 bits per heavy atom. The molecular weight excluding hydrogens is 787 g/mol. The van der Waals surface area contributed by atoms with E-state index in [1.807, 2.05) is 0 Å². The van der Waals surface area contributed by atoms with Crippen LogP contribution in [0.3, 0.4) is 0 Å². The maximum Gasteiger partial charge on any atom is 0.140 e. The third-order valence-electron chi connectivity index (χ3n) is 13.7. The fourth-order valence-electron chi connectivity index (χ4n) is 10.8. The highest BCUT2D eigenvalue weighted by Crippen LogP contribution is 2.65. The number of para-hydroxylation sites is 1. The predicted molar refractivity (Wildman–Crippen MR) is 270 cm³/mol. The van der Waals surface area contributed by atoms with Gasteiger partial charge >= 0.3 is 0 Å². The summed E-state index contributed by atoms with van der Waals surface area (Å²) in [4.78, 5) is 2.43. The fourth-order valence-corrected chi connectivity index (χ4v) is 10.8. The molecule has 1 spiro atoms. The molecule has 11 aromatic carbocycles. The standard InChI is InChI=1S/C63H41NO/c1-3-14-42(15-4-1)43-26-28-44(29-27-43)45-30-32-46(33-31-45)47-34-38-51(39-35-47)64(50-18-5-2-6-19-50)59-25-13-24-56-60(59)54-22-11-12-23-55(54)63(56)57-40-36-48-16-7-9-20-52(48)61(57)65-62-53-21-10-8-17-49(53)37-41-58(62)63/h1-41H. The van der Waals surface area contributed by atoms with E-state index in [9.17, 15) is 0 Å². The first-order valence-electron chi connectivity index (χ1n) is 22.4. The largest absolute Gasteiger partial charge is 0.455 e. The molecular formula is C63H41NO. The second kappa shape index (κ2) is 14.8. The molecule has 0 amide bonds. The average molecular weight is 828 g/mol. The highest BCUT2D eigenvalue weighted by molar-refractivity contribution is 6.03. The Hall–Kier alpha value is -8.46. The number of nitrogens with zero attached hydrogens (tertiary/aromatic N) is 1. The molecule has 13 rings (SSSR count). The molecule has 1 aliphatic heterocycles. The first-order chi connectivity index (χ1) is 32.2. The molecule has 2 aliphatic rings. The van der Waals surface area contributed by atoms with Gasteiger partial charge in [-0.1, -0.05) is 218 Å². The second-order valence-electron chi connectivity index (χ2n) is 17.2. The molecule has 0 bridgehead atoms. The highest BCUT2D eigenvalue weighted by atomic mass is 16.5. The van der Waals surface area contributed by atoms with Crippen LogP contribution in [0.4, 0.5) is 17.1 Å². The molecule has 11 aromatic rings. The van der Waals surface area contributed by atoms with Crippen molar-refractivity contribution in [3.05, 3.63) is 271 Å². The Balaban J connectivity index is 0.953. The zero-order valence-corrected chi connectivity index (χ0v) is 35.5. The lowest BCUT2D eigenvalue weighted by Crippen LogP contribution is -2.32. The van der Waals surface area contributed by atoms with E-state index in [1.165, 1.54) is 55.6 Å². The average Bonchev–Trinajstić information content (AvgIpc) is 3.68. The van der Waals surface area contributed by atoms with Gasteiger partial charge in [0.1, 0.15) is 11.5 Å². The number of hydrogen-bond donors (Lipinski definition) is 0. The molecule has 304 valence electrons. The summed E-state index contributed by atoms with van der Waals surface area (Å²) in [5.74, 6) is 1.84. The van der Waals surface area contributed by atoms with E-state index in [1.54, 1.807) is 0 Å². The summed E-state index contributed by atoms with van der Waals surface area (Å²) in [6.07, 6.45) is 0. The summed E-state index contributed by atoms with van der Waals surface area (Å²) in [7, 11) is 0. The van der Waals surface area contributed by atoms with Crippen molar-refractivity contribution < 1.29 is 4.74 Å². The Bertz CT molecular complexity index is 3510. The summed E-state index contributed by atoms with van der Waals surface area (Å²) in [5, 5.41) is 4.55. The Morgan fingerprint density at radius 3 is 1.29 bits per heavy atom. The third-order valence-corrected chi connectivity index (χ3v) is 13.7. The van der Waals surface area contributed by atoms with E-state index in [4.69, 9.17) is 4.74 Å². The minimum Gasteiger partial charge on any atom is -0.455 e. The van der Waals surface area contributed by atoms with Gasteiger partial charge in [0.15, 0.2) is 0 Å². The SMILES string of the molecule is c1ccc(-c2ccc(-c3ccc(-c4ccc(N(c5ccccc5)c5cccc6c5-c5ccccc5C65c6ccc7ccccc7c6Oc6c5ccc5ccccc65)cc4)cc3)cc2)cc1. The molecule has 1 aliphatic carbocycles. The zero-order valence-electron chi connectivity index (χ0n) is 35.5. The van der Waals surface area contributed by atoms with Gasteiger partial charge in [0, 0.05) is 38.8 Å². The predicted octanol–water partition coefficient (Wildman–Crippen LogP) is 16.9. The van der Waals surface area contributed by atoms with Gasteiger partial charge in [0.05, 0.1) is 11.1 Å². The number of fused-ring (bicyclic) bond motifs is 13. The van der Waals surface area contributed by atoms with Gasteiger partial charge < -0.3 is 9.64 Å². The lowest BCUT2D eigenvalue weighted by atomic mass is 9.65. The molecule has 0 N–H and O–H groups in total. The lowest BCUT2D eigenvalue weighted by molar-refractivity contribution is 0.447. The van der Waals surface area contributed by atoms with Crippen LogP contribution < -0.4 is 9.64 Å². The normalized spacial score (nSPS) is 12.9. The minimum absolute atomic E-state index is 0.638. The van der Waals surface area contributed by atoms with Crippen molar-refractivity contribution in [1.82, 2.24) is 0 Å². The van der Waals surface area contributed by atoms with Crippen molar-refractivity contribution in [2.24, 2.45) is 0 Å². The van der Waals surface area contributed by atoms with E-state index < -0.39 is 5.41 Å². The Labute approximate surface area is 378 Å². The van der Waals surface area contributed by atoms with Crippen molar-refractivity contribution >= 4 is 38.6 Å². The minimum atomic E-state index is -0.638. The molecule has 2 nitrogen and oxygen atoms in total. The van der Waals surface area contributed by atoms with Crippen LogP contribution in [0, 0.1) is 0 Å². The van der Waals surface area contributed by atoms with E-state index in [-0.39, 0.29) is 0 Å². The molecule has 1 heterocycles. The van der Waals surface area contributed by atoms with E-state index in [2.05, 4.69) is 254 Å². The lowest BCUT2D eigenvalue weighted by Gasteiger charge is -2.40. The van der Waals surface area contributed by atoms with Crippen molar-refractivity contribution in [2.75, 3.05) is 4.90 Å². The summed E-state index contributed by atoms with van der Waals surface area (Å²) in [5.41, 5.74) is 17.2. The van der Waals surface area contributed by atoms with Gasteiger partial charge in [-0.05, 0) is 91.2 Å². The number of anilines is 3. The summed E-state index contributed by atoms with van der Waals surface area (Å²) >= 11 is 0. The van der Waals surface area contributed by atoms with Crippen molar-refractivity contribution in [3.63, 3.8) is 0 Å². The third kappa shape index (κ3) is 5.74. The number of ether oxygens (including phenoxy) is 1. The van der Waals surface area contributed by atoms with Crippen molar-refractivity contribution in [2.45, 2.75) is 5.41 Å². The fraction of sp³-hybridized carbons (Fsp3) is 0.0159.